The topological polar surface area (TPSA) is 109 Å². The van der Waals surface area contributed by atoms with Crippen LogP contribution < -0.4 is 11.1 Å². The Morgan fingerprint density at radius 2 is 2.05 bits per heavy atom. The average Bonchev–Trinajstić information content (AvgIpc) is 2.86. The van der Waals surface area contributed by atoms with E-state index in [0.29, 0.717) is 4.88 Å². The van der Waals surface area contributed by atoms with Crippen molar-refractivity contribution in [2.45, 2.75) is 44.6 Å². The summed E-state index contributed by atoms with van der Waals surface area (Å²) in [6, 6.07) is 0.755. The standard InChI is InChI=1S/C14H18N2O4S/c15-12(17)6-5-9(14(19)20)16-13(18)11-7-8-3-1-2-4-10(8)21-11/h7,9H,1-6H2,(H2,15,17)(H,16,18)(H,19,20). The zero-order valence-electron chi connectivity index (χ0n) is 11.6. The fraction of sp³-hybridized carbons (Fsp3) is 0.500. The van der Waals surface area contributed by atoms with Gasteiger partial charge >= 0.3 is 5.97 Å². The number of primary amides is 1. The lowest BCUT2D eigenvalue weighted by Crippen LogP contribution is -2.41. The van der Waals surface area contributed by atoms with E-state index in [0.717, 1.165) is 25.7 Å². The van der Waals surface area contributed by atoms with Crippen LogP contribution in [0.25, 0.3) is 0 Å². The highest BCUT2D eigenvalue weighted by atomic mass is 32.1. The molecule has 0 bridgehead atoms. The van der Waals surface area contributed by atoms with Gasteiger partial charge in [-0.15, -0.1) is 11.3 Å². The maximum Gasteiger partial charge on any atom is 0.326 e. The molecule has 2 amide bonds. The van der Waals surface area contributed by atoms with Gasteiger partial charge in [-0.05, 0) is 43.7 Å². The zero-order chi connectivity index (χ0) is 15.4. The number of aliphatic carboxylic acids is 1. The summed E-state index contributed by atoms with van der Waals surface area (Å²) < 4.78 is 0. The third kappa shape index (κ3) is 4.04. The van der Waals surface area contributed by atoms with E-state index in [1.165, 1.54) is 21.8 Å². The summed E-state index contributed by atoms with van der Waals surface area (Å²) in [4.78, 5) is 35.7. The Labute approximate surface area is 126 Å². The number of thiophene rings is 1. The van der Waals surface area contributed by atoms with Crippen LogP contribution in [0.3, 0.4) is 0 Å². The lowest BCUT2D eigenvalue weighted by Gasteiger charge is -2.12. The molecule has 1 heterocycles. The molecule has 1 aliphatic rings. The Kier molecular flexibility index (Phi) is 4.95. The molecular weight excluding hydrogens is 292 g/mol. The second-order valence-corrected chi connectivity index (χ2v) is 6.27. The molecule has 0 aliphatic heterocycles. The Hall–Kier alpha value is -1.89. The first-order valence-electron chi connectivity index (χ1n) is 6.91. The predicted molar refractivity (Wildman–Crippen MR) is 78.3 cm³/mol. The summed E-state index contributed by atoms with van der Waals surface area (Å²) in [5, 5.41) is 11.5. The van der Waals surface area contributed by atoms with E-state index in [-0.39, 0.29) is 12.8 Å². The second kappa shape index (κ2) is 6.71. The number of aryl methyl sites for hydroxylation is 2. The molecule has 1 aromatic rings. The van der Waals surface area contributed by atoms with E-state index in [2.05, 4.69) is 5.32 Å². The van der Waals surface area contributed by atoms with Crippen LogP contribution in [0.15, 0.2) is 6.07 Å². The van der Waals surface area contributed by atoms with Crippen molar-refractivity contribution < 1.29 is 19.5 Å². The van der Waals surface area contributed by atoms with Gasteiger partial charge in [0.05, 0.1) is 4.88 Å². The normalized spacial score (nSPS) is 15.0. The van der Waals surface area contributed by atoms with Crippen LogP contribution in [0.2, 0.25) is 0 Å². The van der Waals surface area contributed by atoms with Gasteiger partial charge in [0.25, 0.3) is 5.91 Å². The van der Waals surface area contributed by atoms with Gasteiger partial charge in [0, 0.05) is 11.3 Å². The van der Waals surface area contributed by atoms with Crippen LogP contribution in [-0.4, -0.2) is 28.9 Å². The van der Waals surface area contributed by atoms with E-state index in [4.69, 9.17) is 10.8 Å². The van der Waals surface area contributed by atoms with Gasteiger partial charge in [-0.1, -0.05) is 0 Å². The number of carboxylic acid groups (broad SMARTS) is 1. The van der Waals surface area contributed by atoms with Crippen molar-refractivity contribution in [3.05, 3.63) is 21.4 Å². The SMILES string of the molecule is NC(=O)CCC(NC(=O)c1cc2c(s1)CCCC2)C(=O)O. The number of hydrogen-bond donors (Lipinski definition) is 3. The lowest BCUT2D eigenvalue weighted by molar-refractivity contribution is -0.139. The highest BCUT2D eigenvalue weighted by Gasteiger charge is 2.23. The Morgan fingerprint density at radius 1 is 1.33 bits per heavy atom. The molecule has 1 unspecified atom stereocenters. The fourth-order valence-corrected chi connectivity index (χ4v) is 3.53. The quantitative estimate of drug-likeness (QED) is 0.730. The zero-order valence-corrected chi connectivity index (χ0v) is 12.4. The first-order valence-corrected chi connectivity index (χ1v) is 7.72. The number of carbonyl (C=O) groups is 3. The van der Waals surface area contributed by atoms with Crippen molar-refractivity contribution in [1.82, 2.24) is 5.32 Å². The summed E-state index contributed by atoms with van der Waals surface area (Å²) in [7, 11) is 0. The molecule has 7 heteroatoms. The Balaban J connectivity index is 2.02. The lowest BCUT2D eigenvalue weighted by atomic mass is 9.99. The van der Waals surface area contributed by atoms with Crippen LogP contribution in [-0.2, 0) is 22.4 Å². The first kappa shape index (κ1) is 15.5. The van der Waals surface area contributed by atoms with E-state index >= 15 is 0 Å². The number of carboxylic acids is 1. The number of amides is 2. The van der Waals surface area contributed by atoms with Crippen molar-refractivity contribution in [2.24, 2.45) is 5.73 Å². The number of rotatable bonds is 6. The van der Waals surface area contributed by atoms with E-state index in [9.17, 15) is 14.4 Å². The maximum absolute atomic E-state index is 12.1. The van der Waals surface area contributed by atoms with Gasteiger partial charge < -0.3 is 16.2 Å². The van der Waals surface area contributed by atoms with Gasteiger partial charge in [-0.25, -0.2) is 4.79 Å². The molecule has 0 fully saturated rings. The molecule has 0 aromatic carbocycles. The Morgan fingerprint density at radius 3 is 2.67 bits per heavy atom. The molecule has 0 saturated carbocycles. The smallest absolute Gasteiger partial charge is 0.326 e. The minimum Gasteiger partial charge on any atom is -0.480 e. The van der Waals surface area contributed by atoms with Gasteiger partial charge in [-0.2, -0.15) is 0 Å². The summed E-state index contributed by atoms with van der Waals surface area (Å²) in [5.74, 6) is -2.14. The molecule has 1 aliphatic carbocycles. The molecule has 2 rings (SSSR count). The van der Waals surface area contributed by atoms with E-state index in [1.54, 1.807) is 0 Å². The molecule has 0 saturated heterocycles. The third-order valence-electron chi connectivity index (χ3n) is 3.50. The molecule has 0 spiro atoms. The minimum atomic E-state index is -1.16. The highest BCUT2D eigenvalue weighted by Crippen LogP contribution is 2.29. The van der Waals surface area contributed by atoms with Crippen LogP contribution in [0.5, 0.6) is 0 Å². The summed E-state index contributed by atoms with van der Waals surface area (Å²) in [6.07, 6.45) is 4.15. The highest BCUT2D eigenvalue weighted by molar-refractivity contribution is 7.14. The number of nitrogens with one attached hydrogen (secondary N) is 1. The van der Waals surface area contributed by atoms with Crippen LogP contribution >= 0.6 is 11.3 Å². The van der Waals surface area contributed by atoms with Crippen LogP contribution in [0.1, 0.15) is 45.8 Å². The molecule has 6 nitrogen and oxygen atoms in total. The molecule has 114 valence electrons. The predicted octanol–water partition coefficient (Wildman–Crippen LogP) is 1.08. The van der Waals surface area contributed by atoms with Crippen LogP contribution in [0, 0.1) is 0 Å². The van der Waals surface area contributed by atoms with Gasteiger partial charge in [0.2, 0.25) is 5.91 Å². The molecular formula is C14H18N2O4S. The number of hydrogen-bond acceptors (Lipinski definition) is 4. The minimum absolute atomic E-state index is 0.00148. The van der Waals surface area contributed by atoms with Crippen molar-refractivity contribution in [3.8, 4) is 0 Å². The van der Waals surface area contributed by atoms with Crippen molar-refractivity contribution in [2.75, 3.05) is 0 Å². The van der Waals surface area contributed by atoms with Gasteiger partial charge in [0.15, 0.2) is 0 Å². The molecule has 0 radical (unpaired) electrons. The first-order chi connectivity index (χ1) is 9.97. The van der Waals surface area contributed by atoms with Gasteiger partial charge in [0.1, 0.15) is 6.04 Å². The van der Waals surface area contributed by atoms with E-state index in [1.807, 2.05) is 6.07 Å². The summed E-state index contributed by atoms with van der Waals surface area (Å²) in [6.45, 7) is 0. The number of carbonyl (C=O) groups excluding carboxylic acids is 2. The third-order valence-corrected chi connectivity index (χ3v) is 4.74. The molecule has 4 N–H and O–H groups in total. The average molecular weight is 310 g/mol. The molecule has 21 heavy (non-hydrogen) atoms. The van der Waals surface area contributed by atoms with Gasteiger partial charge in [-0.3, -0.25) is 9.59 Å². The fourth-order valence-electron chi connectivity index (χ4n) is 2.38. The second-order valence-electron chi connectivity index (χ2n) is 5.14. The molecule has 1 atom stereocenters. The van der Waals surface area contributed by atoms with Crippen molar-refractivity contribution in [1.29, 1.82) is 0 Å². The van der Waals surface area contributed by atoms with Crippen LogP contribution in [0.4, 0.5) is 0 Å². The number of fused-ring (bicyclic) bond motifs is 1. The summed E-state index contributed by atoms with van der Waals surface area (Å²) >= 11 is 1.42. The van der Waals surface area contributed by atoms with Crippen molar-refractivity contribution >= 4 is 29.1 Å². The Bertz CT molecular complexity index is 544. The van der Waals surface area contributed by atoms with Crippen molar-refractivity contribution in [3.63, 3.8) is 0 Å². The monoisotopic (exact) mass is 310 g/mol. The molecule has 1 aromatic heterocycles. The summed E-state index contributed by atoms with van der Waals surface area (Å²) in [5.41, 5.74) is 6.20. The number of nitrogens with two attached hydrogens (primary N) is 1. The largest absolute Gasteiger partial charge is 0.480 e. The van der Waals surface area contributed by atoms with E-state index < -0.39 is 23.8 Å². The maximum atomic E-state index is 12.1.